The molecule has 1 aliphatic rings. The molecule has 2 heterocycles. The molecule has 0 radical (unpaired) electrons. The Kier molecular flexibility index (Phi) is 5.40. The fourth-order valence-electron chi connectivity index (χ4n) is 3.53. The Morgan fingerprint density at radius 3 is 2.39 bits per heavy atom. The molecule has 2 amide bonds. The molecule has 0 spiro atoms. The van der Waals surface area contributed by atoms with Crippen molar-refractivity contribution in [2.75, 3.05) is 13.1 Å². The molecule has 6 nitrogen and oxygen atoms in total. The lowest BCUT2D eigenvalue weighted by molar-refractivity contribution is -0.294. The molecule has 0 saturated heterocycles. The number of amides is 2. The Labute approximate surface area is 169 Å². The zero-order valence-corrected chi connectivity index (χ0v) is 15.7. The van der Waals surface area contributed by atoms with Crippen LogP contribution in [-0.2, 0) is 10.9 Å². The van der Waals surface area contributed by atoms with E-state index in [1.54, 1.807) is 0 Å². The van der Waals surface area contributed by atoms with Crippen LogP contribution in [0.2, 0.25) is 0 Å². The van der Waals surface area contributed by atoms with Gasteiger partial charge in [0.05, 0.1) is 11.1 Å². The van der Waals surface area contributed by atoms with Crippen LogP contribution in [0.4, 0.5) is 35.5 Å². The zero-order valence-electron chi connectivity index (χ0n) is 15.7. The maximum Gasteiger partial charge on any atom is 0.576 e. The molecule has 0 fully saturated rings. The first kappa shape index (κ1) is 22.4. The van der Waals surface area contributed by atoms with Crippen LogP contribution < -0.4 is 5.73 Å². The minimum absolute atomic E-state index is 0.00358. The summed E-state index contributed by atoms with van der Waals surface area (Å²) in [4.78, 5) is 26.1. The van der Waals surface area contributed by atoms with Gasteiger partial charge < -0.3 is 20.4 Å². The van der Waals surface area contributed by atoms with Crippen molar-refractivity contribution in [3.05, 3.63) is 40.3 Å². The van der Waals surface area contributed by atoms with Crippen LogP contribution >= 0.6 is 0 Å². The average Bonchev–Trinajstić information content (AvgIpc) is 2.97. The molecule has 1 aromatic heterocycles. The van der Waals surface area contributed by atoms with E-state index in [2.05, 4.69) is 9.72 Å². The minimum Gasteiger partial charge on any atom is -0.366 e. The highest BCUT2D eigenvalue weighted by Gasteiger charge is 2.39. The highest BCUT2D eigenvalue weighted by molar-refractivity contribution is 6.09. The molecular formula is C18H14F7N3O3. The molecule has 3 N–H and O–H groups in total. The SMILES string of the molecule is Cc1c(C(F)(F)F)[nH]c2c(C(N)=O)cc(F)c(C3=CCCN(C(=O)OC(F)(F)F)C3)c12. The number of aryl methyl sites for hydroxylation is 1. The lowest BCUT2D eigenvalue weighted by Crippen LogP contribution is -2.38. The Morgan fingerprint density at radius 2 is 1.84 bits per heavy atom. The third-order valence-corrected chi connectivity index (χ3v) is 4.76. The fourth-order valence-corrected chi connectivity index (χ4v) is 3.53. The van der Waals surface area contributed by atoms with E-state index < -0.39 is 53.7 Å². The summed E-state index contributed by atoms with van der Waals surface area (Å²) in [6.45, 7) is 0.319. The van der Waals surface area contributed by atoms with Crippen molar-refractivity contribution in [3.63, 3.8) is 0 Å². The van der Waals surface area contributed by atoms with Gasteiger partial charge in [0.1, 0.15) is 11.5 Å². The van der Waals surface area contributed by atoms with Gasteiger partial charge in [-0.2, -0.15) is 13.2 Å². The van der Waals surface area contributed by atoms with Crippen molar-refractivity contribution >= 4 is 28.5 Å². The van der Waals surface area contributed by atoms with E-state index in [0.717, 1.165) is 6.92 Å². The van der Waals surface area contributed by atoms with E-state index >= 15 is 0 Å². The number of nitrogens with zero attached hydrogens (tertiary/aromatic N) is 1. The Bertz CT molecular complexity index is 1100. The number of nitrogens with one attached hydrogen (secondary N) is 1. The van der Waals surface area contributed by atoms with Crippen LogP contribution in [-0.4, -0.2) is 41.3 Å². The normalized spacial score (nSPS) is 15.2. The minimum atomic E-state index is -5.24. The van der Waals surface area contributed by atoms with Crippen LogP contribution in [0.1, 0.15) is 33.6 Å². The number of carbonyl (C=O) groups excluding carboxylic acids is 2. The van der Waals surface area contributed by atoms with Crippen LogP contribution in [0.5, 0.6) is 0 Å². The van der Waals surface area contributed by atoms with Crippen molar-refractivity contribution in [1.82, 2.24) is 9.88 Å². The monoisotopic (exact) mass is 453 g/mol. The van der Waals surface area contributed by atoms with E-state index in [4.69, 9.17) is 5.73 Å². The van der Waals surface area contributed by atoms with Crippen LogP contribution in [0.3, 0.4) is 0 Å². The molecule has 0 unspecified atom stereocenters. The number of primary amides is 1. The Balaban J connectivity index is 2.16. The predicted molar refractivity (Wildman–Crippen MR) is 93.2 cm³/mol. The molecule has 1 aromatic carbocycles. The second-order valence-electron chi connectivity index (χ2n) is 6.77. The van der Waals surface area contributed by atoms with Gasteiger partial charge in [0.2, 0.25) is 0 Å². The van der Waals surface area contributed by atoms with Gasteiger partial charge in [-0.1, -0.05) is 6.08 Å². The second-order valence-corrected chi connectivity index (χ2v) is 6.77. The number of aromatic nitrogens is 1. The number of ether oxygens (including phenoxy) is 1. The highest BCUT2D eigenvalue weighted by atomic mass is 19.4. The molecule has 2 aromatic rings. The summed E-state index contributed by atoms with van der Waals surface area (Å²) in [6.07, 6.45) is -10.5. The molecule has 13 heteroatoms. The first-order valence-electron chi connectivity index (χ1n) is 8.66. The number of H-pyrrole nitrogens is 1. The molecule has 3 rings (SSSR count). The van der Waals surface area contributed by atoms with Crippen molar-refractivity contribution in [3.8, 4) is 0 Å². The standard InChI is InChI=1S/C18H14F7N3O3/c1-7-11-12(8-3-2-4-28(6-8)16(30)31-18(23,24)25)10(19)5-9(15(26)29)13(11)27-14(7)17(20,21)22/h3,5,27H,2,4,6H2,1H3,(H2,26,29). The number of alkyl halides is 6. The molecule has 1 aliphatic heterocycles. The molecule has 168 valence electrons. The van der Waals surface area contributed by atoms with Gasteiger partial charge in [-0.05, 0) is 30.5 Å². The Hall–Kier alpha value is -3.25. The third kappa shape index (κ3) is 4.30. The van der Waals surface area contributed by atoms with Crippen molar-refractivity contribution < 1.29 is 45.1 Å². The van der Waals surface area contributed by atoms with Crippen LogP contribution in [0.15, 0.2) is 12.1 Å². The Morgan fingerprint density at radius 1 is 1.19 bits per heavy atom. The topological polar surface area (TPSA) is 88.4 Å². The quantitative estimate of drug-likeness (QED) is 0.658. The van der Waals surface area contributed by atoms with E-state index in [9.17, 15) is 40.3 Å². The molecule has 31 heavy (non-hydrogen) atoms. The lowest BCUT2D eigenvalue weighted by atomic mass is 9.93. The highest BCUT2D eigenvalue weighted by Crippen LogP contribution is 2.40. The van der Waals surface area contributed by atoms with Gasteiger partial charge in [0, 0.05) is 24.0 Å². The summed E-state index contributed by atoms with van der Waals surface area (Å²) in [5, 5.41) is -0.307. The maximum atomic E-state index is 15.0. The van der Waals surface area contributed by atoms with Gasteiger partial charge in [0.25, 0.3) is 5.91 Å². The number of halogens is 7. The van der Waals surface area contributed by atoms with E-state index in [1.807, 2.05) is 0 Å². The fraction of sp³-hybridized carbons (Fsp3) is 0.333. The van der Waals surface area contributed by atoms with E-state index in [-0.39, 0.29) is 35.0 Å². The van der Waals surface area contributed by atoms with Gasteiger partial charge >= 0.3 is 18.6 Å². The number of carbonyl (C=O) groups is 2. The van der Waals surface area contributed by atoms with Crippen molar-refractivity contribution in [2.45, 2.75) is 25.9 Å². The summed E-state index contributed by atoms with van der Waals surface area (Å²) in [5.41, 5.74) is 2.18. The summed E-state index contributed by atoms with van der Waals surface area (Å²) < 4.78 is 95.5. The number of hydrogen-bond acceptors (Lipinski definition) is 3. The summed E-state index contributed by atoms with van der Waals surface area (Å²) in [7, 11) is 0. The number of nitrogens with two attached hydrogens (primary N) is 1. The van der Waals surface area contributed by atoms with Gasteiger partial charge in [0.15, 0.2) is 0 Å². The smallest absolute Gasteiger partial charge is 0.366 e. The number of fused-ring (bicyclic) bond motifs is 1. The second kappa shape index (κ2) is 7.46. The first-order chi connectivity index (χ1) is 14.2. The maximum absolute atomic E-state index is 15.0. The summed E-state index contributed by atoms with van der Waals surface area (Å²) >= 11 is 0. The van der Waals surface area contributed by atoms with Crippen LogP contribution in [0, 0.1) is 12.7 Å². The van der Waals surface area contributed by atoms with Gasteiger partial charge in [-0.3, -0.25) is 4.79 Å². The van der Waals surface area contributed by atoms with E-state index in [1.165, 1.54) is 6.08 Å². The molecule has 0 aliphatic carbocycles. The molecule has 0 atom stereocenters. The zero-order chi connectivity index (χ0) is 23.3. The van der Waals surface area contributed by atoms with Crippen molar-refractivity contribution in [2.24, 2.45) is 5.73 Å². The molecular weight excluding hydrogens is 439 g/mol. The lowest BCUT2D eigenvalue weighted by Gasteiger charge is -2.27. The number of aromatic amines is 1. The summed E-state index contributed by atoms with van der Waals surface area (Å²) in [6, 6.07) is 0.643. The number of hydrogen-bond donors (Lipinski definition) is 2. The number of benzene rings is 1. The van der Waals surface area contributed by atoms with Crippen LogP contribution in [0.25, 0.3) is 16.5 Å². The first-order valence-corrected chi connectivity index (χ1v) is 8.66. The van der Waals surface area contributed by atoms with E-state index in [0.29, 0.717) is 11.0 Å². The van der Waals surface area contributed by atoms with Gasteiger partial charge in [-0.25, -0.2) is 9.18 Å². The largest absolute Gasteiger partial charge is 0.576 e. The van der Waals surface area contributed by atoms with Crippen molar-refractivity contribution in [1.29, 1.82) is 0 Å². The third-order valence-electron chi connectivity index (χ3n) is 4.76. The molecule has 0 saturated carbocycles. The summed E-state index contributed by atoms with van der Waals surface area (Å²) in [5.74, 6) is -2.30. The molecule has 0 bridgehead atoms. The number of rotatable bonds is 2. The average molecular weight is 453 g/mol. The predicted octanol–water partition coefficient (Wildman–Crippen LogP) is 4.48. The van der Waals surface area contributed by atoms with Gasteiger partial charge in [-0.15, -0.1) is 13.2 Å².